The van der Waals surface area contributed by atoms with Crippen LogP contribution in [0.1, 0.15) is 36.7 Å². The molecular formula is C24H25ClN2O5. The number of benzene rings is 2. The van der Waals surface area contributed by atoms with E-state index in [-0.39, 0.29) is 17.2 Å². The van der Waals surface area contributed by atoms with Gasteiger partial charge in [0.2, 0.25) is 5.88 Å². The highest BCUT2D eigenvalue weighted by Gasteiger charge is 2.23. The average molecular weight is 457 g/mol. The van der Waals surface area contributed by atoms with E-state index in [9.17, 15) is 14.7 Å². The molecule has 0 radical (unpaired) electrons. The van der Waals surface area contributed by atoms with Crippen LogP contribution in [-0.2, 0) is 11.2 Å². The fraction of sp³-hybridized carbons (Fsp3) is 0.250. The lowest BCUT2D eigenvalue weighted by molar-refractivity contribution is 0.0632. The van der Waals surface area contributed by atoms with E-state index in [2.05, 4.69) is 10.6 Å². The molecule has 3 aromatic rings. The van der Waals surface area contributed by atoms with E-state index in [0.29, 0.717) is 29.3 Å². The predicted octanol–water partition coefficient (Wildman–Crippen LogP) is 5.63. The topological polar surface area (TPSA) is 101 Å². The Hall–Kier alpha value is -3.45. The molecule has 3 rings (SSSR count). The molecule has 0 saturated carbocycles. The molecule has 0 unspecified atom stereocenters. The summed E-state index contributed by atoms with van der Waals surface area (Å²) < 4.78 is 11.1. The van der Waals surface area contributed by atoms with E-state index in [1.54, 1.807) is 75.4 Å². The van der Waals surface area contributed by atoms with E-state index < -0.39 is 17.6 Å². The molecule has 3 N–H and O–H groups in total. The van der Waals surface area contributed by atoms with Crippen molar-refractivity contribution in [1.82, 2.24) is 5.32 Å². The second kappa shape index (κ2) is 9.78. The van der Waals surface area contributed by atoms with Crippen LogP contribution in [-0.4, -0.2) is 29.3 Å². The van der Waals surface area contributed by atoms with Crippen molar-refractivity contribution in [1.29, 1.82) is 0 Å². The van der Waals surface area contributed by atoms with E-state index in [0.717, 1.165) is 5.56 Å². The maximum absolute atomic E-state index is 12.9. The van der Waals surface area contributed by atoms with Crippen molar-refractivity contribution in [2.75, 3.05) is 11.9 Å². The largest absolute Gasteiger partial charge is 0.508 e. The lowest BCUT2D eigenvalue weighted by Crippen LogP contribution is -2.29. The molecule has 0 spiro atoms. The summed E-state index contributed by atoms with van der Waals surface area (Å²) in [6, 6.07) is 15.2. The van der Waals surface area contributed by atoms with Crippen LogP contribution in [0.15, 0.2) is 59.0 Å². The van der Waals surface area contributed by atoms with E-state index in [1.165, 1.54) is 0 Å². The number of anilines is 1. The minimum atomic E-state index is -0.729. The molecule has 32 heavy (non-hydrogen) atoms. The van der Waals surface area contributed by atoms with Crippen LogP contribution >= 0.6 is 11.6 Å². The Morgan fingerprint density at radius 3 is 2.34 bits per heavy atom. The number of phenolic OH excluding ortho intramolecular Hbond substituents is 1. The van der Waals surface area contributed by atoms with Crippen molar-refractivity contribution in [2.24, 2.45) is 0 Å². The zero-order valence-corrected chi connectivity index (χ0v) is 18.8. The molecule has 7 nitrogen and oxygen atoms in total. The first-order valence-electron chi connectivity index (χ1n) is 10.1. The Balaban J connectivity index is 1.77. The molecule has 2 amide bonds. The van der Waals surface area contributed by atoms with E-state index >= 15 is 0 Å². The first kappa shape index (κ1) is 23.2. The number of amides is 2. The summed E-state index contributed by atoms with van der Waals surface area (Å²) in [5, 5.41) is 15.3. The van der Waals surface area contributed by atoms with Crippen LogP contribution in [0.2, 0.25) is 5.02 Å². The normalized spacial score (nSPS) is 11.1. The number of hydrogen-bond donors (Lipinski definition) is 3. The van der Waals surface area contributed by atoms with Gasteiger partial charge in [-0.25, -0.2) is 4.79 Å². The van der Waals surface area contributed by atoms with Crippen molar-refractivity contribution >= 4 is 29.5 Å². The maximum Gasteiger partial charge on any atom is 0.414 e. The number of phenols is 1. The number of carbonyl (C=O) groups is 2. The van der Waals surface area contributed by atoms with Crippen molar-refractivity contribution < 1.29 is 23.8 Å². The van der Waals surface area contributed by atoms with Gasteiger partial charge in [0.1, 0.15) is 22.7 Å². The quantitative estimate of drug-likeness (QED) is 0.446. The van der Waals surface area contributed by atoms with Crippen LogP contribution in [0.4, 0.5) is 10.7 Å². The van der Waals surface area contributed by atoms with Crippen molar-refractivity contribution in [3.63, 3.8) is 0 Å². The lowest BCUT2D eigenvalue weighted by Gasteiger charge is -2.19. The third-order valence-corrected chi connectivity index (χ3v) is 4.61. The number of furan rings is 1. The molecule has 0 atom stereocenters. The maximum atomic E-state index is 12.9. The van der Waals surface area contributed by atoms with Gasteiger partial charge in [-0.2, -0.15) is 0 Å². The van der Waals surface area contributed by atoms with Gasteiger partial charge in [0.15, 0.2) is 0 Å². The number of halogens is 1. The Labute approximate surface area is 191 Å². The molecule has 0 bridgehead atoms. The molecular weight excluding hydrogens is 432 g/mol. The van der Waals surface area contributed by atoms with Gasteiger partial charge in [0.25, 0.3) is 5.91 Å². The molecule has 0 aliphatic heterocycles. The summed E-state index contributed by atoms with van der Waals surface area (Å²) in [4.78, 5) is 25.1. The van der Waals surface area contributed by atoms with Crippen molar-refractivity contribution in [2.45, 2.75) is 32.8 Å². The van der Waals surface area contributed by atoms with Gasteiger partial charge >= 0.3 is 6.09 Å². The molecule has 0 aliphatic rings. The van der Waals surface area contributed by atoms with Crippen molar-refractivity contribution in [3.05, 3.63) is 70.7 Å². The number of aromatic hydroxyl groups is 1. The fourth-order valence-electron chi connectivity index (χ4n) is 2.88. The molecule has 0 aliphatic carbocycles. The number of nitrogens with one attached hydrogen (secondary N) is 2. The smallest absolute Gasteiger partial charge is 0.414 e. The third kappa shape index (κ3) is 6.52. The number of ether oxygens (including phenoxy) is 1. The van der Waals surface area contributed by atoms with Crippen molar-refractivity contribution in [3.8, 4) is 17.1 Å². The standard InChI is InChI=1S/C24H25ClN2O5/c1-24(2,3)32-23(30)27-22-19(14-20(31-22)16-6-8-17(25)9-7-16)21(29)26-13-12-15-4-10-18(28)11-5-15/h4-11,14,28H,12-13H2,1-3H3,(H,26,29)(H,27,30). The van der Waals surface area contributed by atoms with Crippen LogP contribution < -0.4 is 10.6 Å². The molecule has 0 fully saturated rings. The Kier molecular flexibility index (Phi) is 7.10. The molecule has 1 heterocycles. The number of hydrogen-bond acceptors (Lipinski definition) is 5. The summed E-state index contributed by atoms with van der Waals surface area (Å²) >= 11 is 5.95. The van der Waals surface area contributed by atoms with Crippen LogP contribution in [0.3, 0.4) is 0 Å². The number of rotatable bonds is 6. The molecule has 0 saturated heterocycles. The fourth-order valence-corrected chi connectivity index (χ4v) is 3.01. The Bertz CT molecular complexity index is 1080. The first-order valence-corrected chi connectivity index (χ1v) is 10.4. The minimum absolute atomic E-state index is 0.00802. The predicted molar refractivity (Wildman–Crippen MR) is 123 cm³/mol. The van der Waals surface area contributed by atoms with Gasteiger partial charge in [-0.1, -0.05) is 23.7 Å². The van der Waals surface area contributed by atoms with Crippen LogP contribution in [0.25, 0.3) is 11.3 Å². The third-order valence-electron chi connectivity index (χ3n) is 4.36. The second-order valence-electron chi connectivity index (χ2n) is 8.16. The van der Waals surface area contributed by atoms with E-state index in [1.807, 2.05) is 0 Å². The van der Waals surface area contributed by atoms with Crippen LogP contribution in [0.5, 0.6) is 5.75 Å². The monoisotopic (exact) mass is 456 g/mol. The average Bonchev–Trinajstić information content (AvgIpc) is 3.12. The van der Waals surface area contributed by atoms with Gasteiger partial charge in [-0.3, -0.25) is 10.1 Å². The SMILES string of the molecule is CC(C)(C)OC(=O)Nc1oc(-c2ccc(Cl)cc2)cc1C(=O)NCCc1ccc(O)cc1. The molecule has 1 aromatic heterocycles. The summed E-state index contributed by atoms with van der Waals surface area (Å²) in [6.45, 7) is 5.58. The summed E-state index contributed by atoms with van der Waals surface area (Å²) in [5.41, 5.74) is 1.13. The highest BCUT2D eigenvalue weighted by Crippen LogP contribution is 2.30. The Morgan fingerprint density at radius 2 is 1.72 bits per heavy atom. The Morgan fingerprint density at radius 1 is 1.06 bits per heavy atom. The highest BCUT2D eigenvalue weighted by atomic mass is 35.5. The van der Waals surface area contributed by atoms with Gasteiger partial charge in [-0.15, -0.1) is 0 Å². The van der Waals surface area contributed by atoms with E-state index in [4.69, 9.17) is 20.8 Å². The summed E-state index contributed by atoms with van der Waals surface area (Å²) in [6.07, 6.45) is -0.157. The molecule has 168 valence electrons. The highest BCUT2D eigenvalue weighted by molar-refractivity contribution is 6.30. The lowest BCUT2D eigenvalue weighted by atomic mass is 10.1. The zero-order valence-electron chi connectivity index (χ0n) is 18.1. The second-order valence-corrected chi connectivity index (χ2v) is 8.60. The summed E-state index contributed by atoms with van der Waals surface area (Å²) in [5.74, 6) is 0.172. The minimum Gasteiger partial charge on any atom is -0.508 e. The van der Waals surface area contributed by atoms with Gasteiger partial charge in [0.05, 0.1) is 0 Å². The first-order chi connectivity index (χ1) is 15.1. The molecule has 8 heteroatoms. The molecule has 2 aromatic carbocycles. The van der Waals surface area contributed by atoms with Crippen LogP contribution in [0, 0.1) is 0 Å². The summed E-state index contributed by atoms with van der Waals surface area (Å²) in [7, 11) is 0. The van der Waals surface area contributed by atoms with Gasteiger partial charge in [-0.05, 0) is 75.2 Å². The van der Waals surface area contributed by atoms with Gasteiger partial charge < -0.3 is 19.6 Å². The number of carbonyl (C=O) groups excluding carboxylic acids is 2. The zero-order chi connectivity index (χ0) is 23.3. The van der Waals surface area contributed by atoms with Gasteiger partial charge in [0, 0.05) is 17.1 Å².